The van der Waals surface area contributed by atoms with Crippen LogP contribution >= 0.6 is 0 Å². The summed E-state index contributed by atoms with van der Waals surface area (Å²) in [5.41, 5.74) is 3.57. The molecule has 6 nitrogen and oxygen atoms in total. The molecule has 0 bridgehead atoms. The minimum Gasteiger partial charge on any atom is -0.373 e. The van der Waals surface area contributed by atoms with Gasteiger partial charge in [-0.05, 0) is 27.2 Å². The first-order valence-corrected chi connectivity index (χ1v) is 8.44. The zero-order valence-electron chi connectivity index (χ0n) is 14.5. The lowest BCUT2D eigenvalue weighted by Crippen LogP contribution is -2.26. The molecule has 0 spiro atoms. The van der Waals surface area contributed by atoms with Crippen molar-refractivity contribution >= 4 is 0 Å². The minimum absolute atomic E-state index is 0.155. The molecule has 2 aromatic rings. The lowest BCUT2D eigenvalue weighted by molar-refractivity contribution is 0.0893. The van der Waals surface area contributed by atoms with Gasteiger partial charge < -0.3 is 14.6 Å². The van der Waals surface area contributed by atoms with Crippen LogP contribution in [-0.4, -0.2) is 32.5 Å². The van der Waals surface area contributed by atoms with Crippen LogP contribution in [0.2, 0.25) is 0 Å². The fourth-order valence-corrected chi connectivity index (χ4v) is 3.53. The van der Waals surface area contributed by atoms with Crippen LogP contribution < -0.4 is 5.32 Å². The Bertz CT molecular complexity index is 660. The standard InChI is InChI=1S/C17H27N5O/c1-5-22-8-7-19-15(22)11-18-10-14-6-9-23-17(14)16-12(2)20-21(4)13(16)3/h7-8,14,17-18H,5-6,9-11H2,1-4H3/t14-,17+/m1/s1. The third-order valence-electron chi connectivity index (χ3n) is 4.90. The molecule has 0 saturated carbocycles. The van der Waals surface area contributed by atoms with E-state index in [1.165, 1.54) is 11.3 Å². The van der Waals surface area contributed by atoms with Crippen LogP contribution in [0, 0.1) is 19.8 Å². The van der Waals surface area contributed by atoms with Gasteiger partial charge >= 0.3 is 0 Å². The van der Waals surface area contributed by atoms with Crippen molar-refractivity contribution in [2.45, 2.75) is 46.4 Å². The van der Waals surface area contributed by atoms with Gasteiger partial charge in [0.2, 0.25) is 0 Å². The van der Waals surface area contributed by atoms with Crippen molar-refractivity contribution in [2.24, 2.45) is 13.0 Å². The van der Waals surface area contributed by atoms with Gasteiger partial charge in [-0.25, -0.2) is 4.98 Å². The van der Waals surface area contributed by atoms with Gasteiger partial charge in [-0.2, -0.15) is 5.10 Å². The molecule has 1 N–H and O–H groups in total. The maximum atomic E-state index is 6.05. The Morgan fingerprint density at radius 2 is 2.22 bits per heavy atom. The van der Waals surface area contributed by atoms with Gasteiger partial charge in [-0.15, -0.1) is 0 Å². The number of imidazole rings is 1. The number of ether oxygens (including phenoxy) is 1. The second-order valence-corrected chi connectivity index (χ2v) is 6.31. The van der Waals surface area contributed by atoms with Crippen LogP contribution in [0.15, 0.2) is 12.4 Å². The van der Waals surface area contributed by atoms with E-state index in [0.29, 0.717) is 5.92 Å². The normalized spacial score (nSPS) is 21.2. The highest BCUT2D eigenvalue weighted by Gasteiger charge is 2.33. The van der Waals surface area contributed by atoms with E-state index in [1.54, 1.807) is 0 Å². The molecule has 1 saturated heterocycles. The van der Waals surface area contributed by atoms with Crippen LogP contribution in [-0.2, 0) is 24.9 Å². The van der Waals surface area contributed by atoms with Crippen molar-refractivity contribution in [2.75, 3.05) is 13.2 Å². The van der Waals surface area contributed by atoms with Crippen LogP contribution in [0.4, 0.5) is 0 Å². The second kappa shape index (κ2) is 6.84. The molecule has 0 radical (unpaired) electrons. The lowest BCUT2D eigenvalue weighted by Gasteiger charge is -2.20. The zero-order chi connectivity index (χ0) is 16.4. The van der Waals surface area contributed by atoms with E-state index in [2.05, 4.69) is 40.7 Å². The lowest BCUT2D eigenvalue weighted by atomic mass is 9.94. The highest BCUT2D eigenvalue weighted by atomic mass is 16.5. The first-order valence-electron chi connectivity index (χ1n) is 8.44. The topological polar surface area (TPSA) is 56.9 Å². The second-order valence-electron chi connectivity index (χ2n) is 6.31. The molecule has 0 aliphatic carbocycles. The summed E-state index contributed by atoms with van der Waals surface area (Å²) in [6.07, 6.45) is 5.14. The summed E-state index contributed by atoms with van der Waals surface area (Å²) < 4.78 is 10.2. The predicted octanol–water partition coefficient (Wildman–Crippen LogP) is 2.12. The number of nitrogens with zero attached hydrogens (tertiary/aromatic N) is 4. The Morgan fingerprint density at radius 1 is 1.39 bits per heavy atom. The monoisotopic (exact) mass is 317 g/mol. The summed E-state index contributed by atoms with van der Waals surface area (Å²) in [6.45, 7) is 9.87. The molecule has 0 unspecified atom stereocenters. The van der Waals surface area contributed by atoms with E-state index in [1.807, 2.05) is 24.1 Å². The number of nitrogens with one attached hydrogen (secondary N) is 1. The first-order chi connectivity index (χ1) is 11.1. The molecule has 2 aromatic heterocycles. The number of hydrogen-bond donors (Lipinski definition) is 1. The van der Waals surface area contributed by atoms with Crippen molar-refractivity contribution in [3.63, 3.8) is 0 Å². The van der Waals surface area contributed by atoms with Gasteiger partial charge in [0.05, 0.1) is 18.3 Å². The van der Waals surface area contributed by atoms with E-state index in [0.717, 1.165) is 44.2 Å². The highest BCUT2D eigenvalue weighted by molar-refractivity contribution is 5.28. The van der Waals surface area contributed by atoms with Crippen molar-refractivity contribution in [3.8, 4) is 0 Å². The van der Waals surface area contributed by atoms with Crippen LogP contribution in [0.25, 0.3) is 0 Å². The molecule has 1 aliphatic rings. The average Bonchev–Trinajstić information content (AvgIpc) is 3.21. The largest absolute Gasteiger partial charge is 0.373 e. The fourth-order valence-electron chi connectivity index (χ4n) is 3.53. The Kier molecular flexibility index (Phi) is 4.82. The van der Waals surface area contributed by atoms with Gasteiger partial charge in [0.25, 0.3) is 0 Å². The third kappa shape index (κ3) is 3.19. The SMILES string of the molecule is CCn1ccnc1CNC[C@H]1CCO[C@@H]1c1c(C)nn(C)c1C. The molecule has 1 fully saturated rings. The summed E-state index contributed by atoms with van der Waals surface area (Å²) >= 11 is 0. The smallest absolute Gasteiger partial charge is 0.122 e. The van der Waals surface area contributed by atoms with E-state index >= 15 is 0 Å². The van der Waals surface area contributed by atoms with Gasteiger partial charge in [-0.1, -0.05) is 0 Å². The molecule has 126 valence electrons. The van der Waals surface area contributed by atoms with Gasteiger partial charge in [-0.3, -0.25) is 4.68 Å². The molecule has 3 rings (SSSR count). The van der Waals surface area contributed by atoms with Crippen molar-refractivity contribution in [1.82, 2.24) is 24.6 Å². The Hall–Kier alpha value is -1.66. The van der Waals surface area contributed by atoms with Crippen LogP contribution in [0.1, 0.15) is 42.2 Å². The van der Waals surface area contributed by atoms with Gasteiger partial charge in [0.1, 0.15) is 5.82 Å². The number of aryl methyl sites for hydroxylation is 3. The summed E-state index contributed by atoms with van der Waals surface area (Å²) in [4.78, 5) is 4.42. The molecular formula is C17H27N5O. The number of aromatic nitrogens is 4. The van der Waals surface area contributed by atoms with Crippen molar-refractivity contribution in [1.29, 1.82) is 0 Å². The Balaban J connectivity index is 1.63. The van der Waals surface area contributed by atoms with E-state index < -0.39 is 0 Å². The fraction of sp³-hybridized carbons (Fsp3) is 0.647. The molecule has 2 atom stereocenters. The molecule has 0 amide bonds. The molecule has 3 heterocycles. The molecule has 0 aromatic carbocycles. The average molecular weight is 317 g/mol. The van der Waals surface area contributed by atoms with E-state index in [9.17, 15) is 0 Å². The molecule has 23 heavy (non-hydrogen) atoms. The first kappa shape index (κ1) is 16.2. The highest BCUT2D eigenvalue weighted by Crippen LogP contribution is 2.37. The van der Waals surface area contributed by atoms with Gasteiger partial charge in [0, 0.05) is 56.3 Å². The number of hydrogen-bond acceptors (Lipinski definition) is 4. The molecule has 1 aliphatic heterocycles. The summed E-state index contributed by atoms with van der Waals surface area (Å²) in [7, 11) is 2.00. The quantitative estimate of drug-likeness (QED) is 0.887. The maximum absolute atomic E-state index is 6.05. The summed E-state index contributed by atoms with van der Waals surface area (Å²) in [6, 6.07) is 0. The summed E-state index contributed by atoms with van der Waals surface area (Å²) in [5.74, 6) is 1.58. The molecule has 6 heteroatoms. The van der Waals surface area contributed by atoms with Crippen molar-refractivity contribution in [3.05, 3.63) is 35.2 Å². The van der Waals surface area contributed by atoms with Gasteiger partial charge in [0.15, 0.2) is 0 Å². The van der Waals surface area contributed by atoms with E-state index in [4.69, 9.17) is 4.74 Å². The van der Waals surface area contributed by atoms with E-state index in [-0.39, 0.29) is 6.10 Å². The number of rotatable bonds is 6. The van der Waals surface area contributed by atoms with Crippen molar-refractivity contribution < 1.29 is 4.74 Å². The predicted molar refractivity (Wildman–Crippen MR) is 89.1 cm³/mol. The third-order valence-corrected chi connectivity index (χ3v) is 4.90. The van der Waals surface area contributed by atoms with Crippen LogP contribution in [0.3, 0.4) is 0 Å². The maximum Gasteiger partial charge on any atom is 0.122 e. The Morgan fingerprint density at radius 3 is 2.91 bits per heavy atom. The molecular weight excluding hydrogens is 290 g/mol. The van der Waals surface area contributed by atoms with Crippen LogP contribution in [0.5, 0.6) is 0 Å². The summed E-state index contributed by atoms with van der Waals surface area (Å²) in [5, 5.41) is 8.10. The zero-order valence-corrected chi connectivity index (χ0v) is 14.5. The minimum atomic E-state index is 0.155. The Labute approximate surface area is 137 Å².